The number of benzene rings is 1. The van der Waals surface area contributed by atoms with Crippen molar-refractivity contribution in [2.24, 2.45) is 0 Å². The Hall–Kier alpha value is -1.79. The summed E-state index contributed by atoms with van der Waals surface area (Å²) in [6.07, 6.45) is 4.28. The molecule has 0 saturated carbocycles. The number of carbonyl (C=O) groups excluding carboxylic acids is 1. The molecule has 0 aliphatic carbocycles. The highest BCUT2D eigenvalue weighted by Gasteiger charge is 2.28. The van der Waals surface area contributed by atoms with Crippen molar-refractivity contribution < 1.29 is 14.3 Å². The molecule has 0 spiro atoms. The summed E-state index contributed by atoms with van der Waals surface area (Å²) < 4.78 is 11.4. The molecule has 2 rings (SSSR count). The maximum Gasteiger partial charge on any atom is 0.241 e. The Labute approximate surface area is 170 Å². The van der Waals surface area contributed by atoms with Crippen molar-refractivity contribution in [2.45, 2.75) is 52.5 Å². The lowest BCUT2D eigenvalue weighted by Crippen LogP contribution is -2.47. The van der Waals surface area contributed by atoms with Gasteiger partial charge in [0.1, 0.15) is 6.61 Å². The first-order valence-corrected chi connectivity index (χ1v) is 10.7. The Morgan fingerprint density at radius 2 is 2.00 bits per heavy atom. The number of methoxy groups -OCH3 is 1. The predicted molar refractivity (Wildman–Crippen MR) is 114 cm³/mol. The zero-order chi connectivity index (χ0) is 20.4. The van der Waals surface area contributed by atoms with Crippen LogP contribution < -0.4 is 14.8 Å². The minimum atomic E-state index is -0.0390. The molecule has 1 saturated heterocycles. The molecule has 6 heteroatoms. The van der Waals surface area contributed by atoms with Crippen LogP contribution in [0.5, 0.6) is 11.5 Å². The van der Waals surface area contributed by atoms with Crippen LogP contribution in [0.15, 0.2) is 18.2 Å². The van der Waals surface area contributed by atoms with Crippen molar-refractivity contribution in [3.8, 4) is 11.5 Å². The van der Waals surface area contributed by atoms with Crippen LogP contribution in [-0.2, 0) is 4.79 Å². The molecule has 0 radical (unpaired) electrons. The quantitative estimate of drug-likeness (QED) is 0.624. The largest absolute Gasteiger partial charge is 0.493 e. The van der Waals surface area contributed by atoms with Gasteiger partial charge in [0, 0.05) is 18.3 Å². The Morgan fingerprint density at radius 3 is 2.68 bits per heavy atom. The van der Waals surface area contributed by atoms with Crippen LogP contribution in [0.1, 0.15) is 46.5 Å². The van der Waals surface area contributed by atoms with Gasteiger partial charge in [0.2, 0.25) is 5.91 Å². The summed E-state index contributed by atoms with van der Waals surface area (Å²) >= 11 is 0. The third kappa shape index (κ3) is 6.38. The highest BCUT2D eigenvalue weighted by molar-refractivity contribution is 5.95. The third-order valence-corrected chi connectivity index (χ3v) is 5.42. The zero-order valence-electron chi connectivity index (χ0n) is 18.0. The number of carbonyl (C=O) groups is 1. The lowest BCUT2D eigenvalue weighted by molar-refractivity contribution is -0.122. The van der Waals surface area contributed by atoms with Gasteiger partial charge in [0.15, 0.2) is 11.5 Å². The van der Waals surface area contributed by atoms with Gasteiger partial charge in [-0.2, -0.15) is 0 Å². The van der Waals surface area contributed by atoms with E-state index in [1.165, 1.54) is 6.42 Å². The Bertz CT molecular complexity index is 603. The monoisotopic (exact) mass is 391 g/mol. The highest BCUT2D eigenvalue weighted by Crippen LogP contribution is 2.30. The SMILES string of the molecule is CCCN1CCCCC1C(=O)Nc1ccc(OC)c(OCCN(CC)CC)c1. The molecule has 0 bridgehead atoms. The summed E-state index contributed by atoms with van der Waals surface area (Å²) in [5.41, 5.74) is 0.755. The van der Waals surface area contributed by atoms with Crippen LogP contribution in [0.2, 0.25) is 0 Å². The maximum atomic E-state index is 12.9. The molecule has 1 heterocycles. The topological polar surface area (TPSA) is 54.0 Å². The van der Waals surface area contributed by atoms with E-state index in [2.05, 4.69) is 35.9 Å². The predicted octanol–water partition coefficient (Wildman–Crippen LogP) is 3.62. The van der Waals surface area contributed by atoms with Crippen LogP contribution in [0.25, 0.3) is 0 Å². The van der Waals surface area contributed by atoms with Gasteiger partial charge in [-0.25, -0.2) is 0 Å². The number of amides is 1. The number of likely N-dealkylation sites (N-methyl/N-ethyl adjacent to an activating group) is 1. The molecule has 1 aliphatic heterocycles. The molecule has 1 fully saturated rings. The summed E-state index contributed by atoms with van der Waals surface area (Å²) in [6.45, 7) is 11.9. The van der Waals surface area contributed by atoms with Crippen molar-refractivity contribution >= 4 is 11.6 Å². The van der Waals surface area contributed by atoms with E-state index in [0.717, 1.165) is 57.7 Å². The number of nitrogens with one attached hydrogen (secondary N) is 1. The molecule has 1 N–H and O–H groups in total. The van der Waals surface area contributed by atoms with E-state index in [1.54, 1.807) is 7.11 Å². The van der Waals surface area contributed by atoms with Crippen LogP contribution >= 0.6 is 0 Å². The molecule has 1 aromatic carbocycles. The fraction of sp³-hybridized carbons (Fsp3) is 0.682. The second-order valence-corrected chi connectivity index (χ2v) is 7.28. The van der Waals surface area contributed by atoms with Gasteiger partial charge < -0.3 is 19.7 Å². The molecule has 0 aromatic heterocycles. The van der Waals surface area contributed by atoms with E-state index < -0.39 is 0 Å². The number of likely N-dealkylation sites (tertiary alicyclic amines) is 1. The molecule has 1 aliphatic rings. The van der Waals surface area contributed by atoms with Gasteiger partial charge in [-0.3, -0.25) is 9.69 Å². The Morgan fingerprint density at radius 1 is 1.21 bits per heavy atom. The summed E-state index contributed by atoms with van der Waals surface area (Å²) in [4.78, 5) is 17.5. The highest BCUT2D eigenvalue weighted by atomic mass is 16.5. The molecule has 6 nitrogen and oxygen atoms in total. The van der Waals surface area contributed by atoms with Crippen molar-refractivity contribution in [3.05, 3.63) is 18.2 Å². The van der Waals surface area contributed by atoms with E-state index in [0.29, 0.717) is 18.1 Å². The first kappa shape index (κ1) is 22.5. The second-order valence-electron chi connectivity index (χ2n) is 7.28. The average Bonchev–Trinajstić information content (AvgIpc) is 2.72. The van der Waals surface area contributed by atoms with Crippen LogP contribution in [-0.4, -0.2) is 68.2 Å². The zero-order valence-corrected chi connectivity index (χ0v) is 18.0. The van der Waals surface area contributed by atoms with Gasteiger partial charge >= 0.3 is 0 Å². The van der Waals surface area contributed by atoms with Crippen LogP contribution in [0, 0.1) is 0 Å². The number of nitrogens with zero attached hydrogens (tertiary/aromatic N) is 2. The van der Waals surface area contributed by atoms with E-state index in [4.69, 9.17) is 9.47 Å². The molecule has 28 heavy (non-hydrogen) atoms. The van der Waals surface area contributed by atoms with E-state index >= 15 is 0 Å². The first-order chi connectivity index (χ1) is 13.6. The van der Waals surface area contributed by atoms with Gasteiger partial charge in [-0.15, -0.1) is 0 Å². The number of anilines is 1. The van der Waals surface area contributed by atoms with Gasteiger partial charge in [0.05, 0.1) is 13.2 Å². The third-order valence-electron chi connectivity index (χ3n) is 5.42. The van der Waals surface area contributed by atoms with E-state index in [9.17, 15) is 4.79 Å². The number of ether oxygens (including phenoxy) is 2. The standard InChI is InChI=1S/C22H37N3O3/c1-5-13-25-14-9-8-10-19(25)22(26)23-18-11-12-20(27-4)21(17-18)28-16-15-24(6-2)7-3/h11-12,17,19H,5-10,13-16H2,1-4H3,(H,23,26). The summed E-state index contributed by atoms with van der Waals surface area (Å²) in [7, 11) is 1.63. The minimum Gasteiger partial charge on any atom is -0.493 e. The van der Waals surface area contributed by atoms with Crippen molar-refractivity contribution in [1.29, 1.82) is 0 Å². The molecule has 1 aromatic rings. The molecular weight excluding hydrogens is 354 g/mol. The fourth-order valence-corrected chi connectivity index (χ4v) is 3.76. The first-order valence-electron chi connectivity index (χ1n) is 10.7. The fourth-order valence-electron chi connectivity index (χ4n) is 3.76. The minimum absolute atomic E-state index is 0.0390. The molecule has 1 atom stereocenters. The molecular formula is C22H37N3O3. The van der Waals surface area contributed by atoms with Gasteiger partial charge in [0.25, 0.3) is 0 Å². The maximum absolute atomic E-state index is 12.9. The molecule has 158 valence electrons. The normalized spacial score (nSPS) is 17.5. The van der Waals surface area contributed by atoms with Crippen molar-refractivity contribution in [3.63, 3.8) is 0 Å². The number of hydrogen-bond donors (Lipinski definition) is 1. The summed E-state index contributed by atoms with van der Waals surface area (Å²) in [5.74, 6) is 1.43. The lowest BCUT2D eigenvalue weighted by atomic mass is 10.0. The van der Waals surface area contributed by atoms with Gasteiger partial charge in [-0.1, -0.05) is 27.2 Å². The summed E-state index contributed by atoms with van der Waals surface area (Å²) in [6, 6.07) is 5.56. The lowest BCUT2D eigenvalue weighted by Gasteiger charge is -2.34. The average molecular weight is 392 g/mol. The van der Waals surface area contributed by atoms with E-state index in [1.807, 2.05) is 18.2 Å². The van der Waals surface area contributed by atoms with Crippen molar-refractivity contribution in [1.82, 2.24) is 9.80 Å². The molecule has 1 unspecified atom stereocenters. The van der Waals surface area contributed by atoms with Crippen LogP contribution in [0.4, 0.5) is 5.69 Å². The number of hydrogen-bond acceptors (Lipinski definition) is 5. The second kappa shape index (κ2) is 11.9. The summed E-state index contributed by atoms with van der Waals surface area (Å²) in [5, 5.41) is 3.09. The Kier molecular flexibility index (Phi) is 9.58. The van der Waals surface area contributed by atoms with E-state index in [-0.39, 0.29) is 11.9 Å². The number of rotatable bonds is 11. The number of piperidine rings is 1. The van der Waals surface area contributed by atoms with Crippen molar-refractivity contribution in [2.75, 3.05) is 51.8 Å². The molecule has 1 amide bonds. The Balaban J connectivity index is 2.01. The smallest absolute Gasteiger partial charge is 0.241 e. The van der Waals surface area contributed by atoms with Crippen LogP contribution in [0.3, 0.4) is 0 Å². The van der Waals surface area contributed by atoms with Gasteiger partial charge in [-0.05, 0) is 57.6 Å².